The molecule has 0 radical (unpaired) electrons. The van der Waals surface area contributed by atoms with Crippen molar-refractivity contribution >= 4 is 12.1 Å². The number of halogens is 3. The third kappa shape index (κ3) is 4.78. The summed E-state index contributed by atoms with van der Waals surface area (Å²) in [6.45, 7) is 0. The van der Waals surface area contributed by atoms with Crippen LogP contribution in [0.3, 0.4) is 0 Å². The summed E-state index contributed by atoms with van der Waals surface area (Å²) in [6.07, 6.45) is -1.42. The van der Waals surface area contributed by atoms with Crippen LogP contribution in [0.4, 0.5) is 13.2 Å². The molecule has 0 bridgehead atoms. The molecule has 3 aromatic rings. The van der Waals surface area contributed by atoms with Gasteiger partial charge in [0, 0.05) is 6.20 Å². The molecule has 0 fully saturated rings. The van der Waals surface area contributed by atoms with E-state index in [1.54, 1.807) is 12.3 Å². The first-order chi connectivity index (χ1) is 12.9. The fraction of sp³-hybridized carbons (Fsp3) is 0.0500. The maximum atomic E-state index is 12.5. The summed E-state index contributed by atoms with van der Waals surface area (Å²) in [5, 5.41) is 7.70. The van der Waals surface area contributed by atoms with Crippen molar-refractivity contribution in [3.8, 4) is 11.1 Å². The number of pyridine rings is 1. The zero-order valence-electron chi connectivity index (χ0n) is 14.1. The highest BCUT2D eigenvalue weighted by atomic mass is 19.4. The van der Waals surface area contributed by atoms with Gasteiger partial charge in [-0.25, -0.2) is 0 Å². The number of nitrogens with zero attached hydrogens (tertiary/aromatic N) is 3. The van der Waals surface area contributed by atoms with Gasteiger partial charge in [0.2, 0.25) is 0 Å². The number of alkyl halides is 3. The summed E-state index contributed by atoms with van der Waals surface area (Å²) in [4.78, 5) is 4.17. The lowest BCUT2D eigenvalue weighted by Crippen LogP contribution is -2.14. The number of hydrogen-bond donors (Lipinski definition) is 1. The number of aromatic nitrogens is 1. The summed E-state index contributed by atoms with van der Waals surface area (Å²) in [7, 11) is 0. The molecule has 0 amide bonds. The van der Waals surface area contributed by atoms with Crippen molar-refractivity contribution in [2.75, 3.05) is 0 Å². The second-order valence-electron chi connectivity index (χ2n) is 5.65. The molecule has 2 aromatic carbocycles. The second-order valence-corrected chi connectivity index (χ2v) is 5.65. The molecule has 1 heterocycles. The molecule has 0 spiro atoms. The molecule has 27 heavy (non-hydrogen) atoms. The van der Waals surface area contributed by atoms with Crippen LogP contribution in [0.15, 0.2) is 83.1 Å². The summed E-state index contributed by atoms with van der Waals surface area (Å²) in [5.41, 5.74) is 8.08. The number of nitrogens with two attached hydrogens (primary N) is 1. The van der Waals surface area contributed by atoms with E-state index in [2.05, 4.69) is 15.2 Å². The predicted molar refractivity (Wildman–Crippen MR) is 99.4 cm³/mol. The van der Waals surface area contributed by atoms with E-state index in [1.165, 1.54) is 18.3 Å². The van der Waals surface area contributed by atoms with Crippen molar-refractivity contribution in [2.45, 2.75) is 6.18 Å². The van der Waals surface area contributed by atoms with Crippen molar-refractivity contribution in [3.05, 3.63) is 89.7 Å². The third-order valence-corrected chi connectivity index (χ3v) is 3.74. The fourth-order valence-electron chi connectivity index (χ4n) is 2.35. The summed E-state index contributed by atoms with van der Waals surface area (Å²) in [6, 6.07) is 18.0. The van der Waals surface area contributed by atoms with Crippen molar-refractivity contribution in [1.29, 1.82) is 0 Å². The van der Waals surface area contributed by atoms with Crippen LogP contribution >= 0.6 is 0 Å². The summed E-state index contributed by atoms with van der Waals surface area (Å²) < 4.78 is 37.6. The SMILES string of the molecule is N/C(=N\N=C\c1ccc(C(F)(F)F)cc1)c1cc(-c2ccccc2)ccn1. The Morgan fingerprint density at radius 2 is 1.63 bits per heavy atom. The van der Waals surface area contributed by atoms with Gasteiger partial charge < -0.3 is 5.73 Å². The molecule has 0 aliphatic rings. The van der Waals surface area contributed by atoms with Gasteiger partial charge in [0.1, 0.15) is 5.69 Å². The minimum Gasteiger partial charge on any atom is -0.380 e. The largest absolute Gasteiger partial charge is 0.416 e. The maximum Gasteiger partial charge on any atom is 0.416 e. The minimum atomic E-state index is -4.37. The van der Waals surface area contributed by atoms with E-state index in [4.69, 9.17) is 5.73 Å². The Bertz CT molecular complexity index is 963. The number of hydrogen-bond acceptors (Lipinski definition) is 3. The van der Waals surface area contributed by atoms with Crippen LogP contribution < -0.4 is 5.73 Å². The van der Waals surface area contributed by atoms with Gasteiger partial charge in [-0.15, -0.1) is 5.10 Å². The minimum absolute atomic E-state index is 0.107. The van der Waals surface area contributed by atoms with E-state index in [9.17, 15) is 13.2 Å². The lowest BCUT2D eigenvalue weighted by molar-refractivity contribution is -0.137. The average molecular weight is 368 g/mol. The van der Waals surface area contributed by atoms with Gasteiger partial charge in [-0.3, -0.25) is 4.98 Å². The summed E-state index contributed by atoms with van der Waals surface area (Å²) in [5.74, 6) is 0.107. The zero-order valence-corrected chi connectivity index (χ0v) is 14.1. The number of benzene rings is 2. The fourth-order valence-corrected chi connectivity index (χ4v) is 2.35. The molecular formula is C20H15F3N4. The van der Waals surface area contributed by atoms with Gasteiger partial charge in [-0.2, -0.15) is 18.3 Å². The van der Waals surface area contributed by atoms with Crippen molar-refractivity contribution in [3.63, 3.8) is 0 Å². The van der Waals surface area contributed by atoms with E-state index in [1.807, 2.05) is 36.4 Å². The van der Waals surface area contributed by atoms with E-state index >= 15 is 0 Å². The smallest absolute Gasteiger partial charge is 0.380 e. The maximum absolute atomic E-state index is 12.5. The third-order valence-electron chi connectivity index (χ3n) is 3.74. The first-order valence-corrected chi connectivity index (χ1v) is 7.99. The lowest BCUT2D eigenvalue weighted by atomic mass is 10.1. The van der Waals surface area contributed by atoms with Gasteiger partial charge in [0.15, 0.2) is 5.84 Å². The van der Waals surface area contributed by atoms with Gasteiger partial charge in [0.05, 0.1) is 11.8 Å². The standard InChI is InChI=1S/C20H15F3N4/c21-20(22,23)17-8-6-14(7-9-17)13-26-27-19(24)18-12-16(10-11-25-18)15-4-2-1-3-5-15/h1-13H,(H2,24,27)/b26-13+. The highest BCUT2D eigenvalue weighted by Crippen LogP contribution is 2.28. The Kier molecular flexibility index (Phi) is 5.30. The lowest BCUT2D eigenvalue weighted by Gasteiger charge is -2.05. The van der Waals surface area contributed by atoms with Gasteiger partial charge in [-0.05, 0) is 41.0 Å². The van der Waals surface area contributed by atoms with E-state index in [-0.39, 0.29) is 5.84 Å². The molecule has 0 aliphatic heterocycles. The van der Waals surface area contributed by atoms with Gasteiger partial charge >= 0.3 is 6.18 Å². The van der Waals surface area contributed by atoms with Crippen molar-refractivity contribution in [2.24, 2.45) is 15.9 Å². The highest BCUT2D eigenvalue weighted by molar-refractivity contribution is 5.97. The van der Waals surface area contributed by atoms with E-state index < -0.39 is 11.7 Å². The molecule has 0 aliphatic carbocycles. The van der Waals surface area contributed by atoms with Crippen molar-refractivity contribution in [1.82, 2.24) is 4.98 Å². The average Bonchev–Trinajstić information content (AvgIpc) is 2.68. The summed E-state index contributed by atoms with van der Waals surface area (Å²) >= 11 is 0. The number of amidine groups is 1. The Morgan fingerprint density at radius 3 is 2.30 bits per heavy atom. The quantitative estimate of drug-likeness (QED) is 0.418. The molecule has 0 atom stereocenters. The van der Waals surface area contributed by atoms with Crippen molar-refractivity contribution < 1.29 is 13.2 Å². The molecule has 2 N–H and O–H groups in total. The van der Waals surface area contributed by atoms with E-state index in [0.717, 1.165) is 23.3 Å². The first kappa shape index (κ1) is 18.3. The van der Waals surface area contributed by atoms with Gasteiger partial charge in [0.25, 0.3) is 0 Å². The zero-order chi connectivity index (χ0) is 19.3. The van der Waals surface area contributed by atoms with Crippen LogP contribution in [-0.2, 0) is 6.18 Å². The van der Waals surface area contributed by atoms with E-state index in [0.29, 0.717) is 11.3 Å². The number of rotatable bonds is 4. The van der Waals surface area contributed by atoms with Crippen LogP contribution in [0.25, 0.3) is 11.1 Å². The highest BCUT2D eigenvalue weighted by Gasteiger charge is 2.29. The van der Waals surface area contributed by atoms with Crippen LogP contribution in [0.5, 0.6) is 0 Å². The molecule has 1 aromatic heterocycles. The predicted octanol–water partition coefficient (Wildman–Crippen LogP) is 4.51. The topological polar surface area (TPSA) is 63.6 Å². The normalized spacial score (nSPS) is 12.5. The van der Waals surface area contributed by atoms with Crippen LogP contribution in [0.2, 0.25) is 0 Å². The molecule has 0 saturated carbocycles. The van der Waals surface area contributed by atoms with Crippen LogP contribution in [-0.4, -0.2) is 17.0 Å². The molecule has 7 heteroatoms. The first-order valence-electron chi connectivity index (χ1n) is 7.99. The molecule has 136 valence electrons. The second kappa shape index (κ2) is 7.82. The Hall–Kier alpha value is -3.48. The molecule has 0 unspecified atom stereocenters. The molecule has 0 saturated heterocycles. The van der Waals surface area contributed by atoms with Gasteiger partial charge in [-0.1, -0.05) is 42.5 Å². The van der Waals surface area contributed by atoms with Crippen LogP contribution in [0, 0.1) is 0 Å². The monoisotopic (exact) mass is 368 g/mol. The Morgan fingerprint density at radius 1 is 0.926 bits per heavy atom. The Balaban J connectivity index is 1.75. The Labute approximate surface area is 153 Å². The van der Waals surface area contributed by atoms with Crippen LogP contribution in [0.1, 0.15) is 16.8 Å². The molecular weight excluding hydrogens is 353 g/mol. The molecule has 4 nitrogen and oxygen atoms in total. The molecule has 3 rings (SSSR count).